The van der Waals surface area contributed by atoms with E-state index in [1.165, 1.54) is 57.1 Å². The zero-order valence-electron chi connectivity index (χ0n) is 15.3. The SMILES string of the molecule is FC(F)Oc1ccc(-n2nnnc2CN2CCCC2C2CCCCC2)cc1. The summed E-state index contributed by atoms with van der Waals surface area (Å²) in [5.74, 6) is 1.69. The number of benzene rings is 1. The molecule has 1 aromatic heterocycles. The highest BCUT2D eigenvalue weighted by Gasteiger charge is 2.33. The fourth-order valence-electron chi connectivity index (χ4n) is 4.56. The van der Waals surface area contributed by atoms with Gasteiger partial charge in [-0.05, 0) is 72.8 Å². The van der Waals surface area contributed by atoms with Gasteiger partial charge >= 0.3 is 6.61 Å². The number of hydrogen-bond donors (Lipinski definition) is 0. The van der Waals surface area contributed by atoms with E-state index in [1.807, 2.05) is 0 Å². The zero-order chi connectivity index (χ0) is 18.6. The molecule has 4 rings (SSSR count). The molecule has 8 heteroatoms. The van der Waals surface area contributed by atoms with E-state index in [2.05, 4.69) is 25.2 Å². The molecule has 2 fully saturated rings. The molecule has 0 bridgehead atoms. The van der Waals surface area contributed by atoms with Crippen molar-refractivity contribution in [2.75, 3.05) is 6.54 Å². The third kappa shape index (κ3) is 4.26. The topological polar surface area (TPSA) is 56.1 Å². The fourth-order valence-corrected chi connectivity index (χ4v) is 4.56. The molecular formula is C19H25F2N5O. The van der Waals surface area contributed by atoms with E-state index in [1.54, 1.807) is 16.8 Å². The van der Waals surface area contributed by atoms with Gasteiger partial charge in [-0.15, -0.1) is 5.10 Å². The van der Waals surface area contributed by atoms with Crippen molar-refractivity contribution in [1.82, 2.24) is 25.1 Å². The van der Waals surface area contributed by atoms with Gasteiger partial charge in [-0.1, -0.05) is 19.3 Å². The summed E-state index contributed by atoms with van der Waals surface area (Å²) in [6.07, 6.45) is 9.20. The first-order chi connectivity index (χ1) is 13.2. The molecule has 2 heterocycles. The number of nitrogens with zero attached hydrogens (tertiary/aromatic N) is 5. The second-order valence-corrected chi connectivity index (χ2v) is 7.46. The molecule has 1 aliphatic heterocycles. The van der Waals surface area contributed by atoms with E-state index < -0.39 is 6.61 Å². The first kappa shape index (κ1) is 18.3. The Morgan fingerprint density at radius 2 is 1.81 bits per heavy atom. The largest absolute Gasteiger partial charge is 0.435 e. The van der Waals surface area contributed by atoms with Gasteiger partial charge in [-0.2, -0.15) is 13.5 Å². The Bertz CT molecular complexity index is 730. The lowest BCUT2D eigenvalue weighted by atomic mass is 9.83. The van der Waals surface area contributed by atoms with Crippen molar-refractivity contribution in [3.63, 3.8) is 0 Å². The average Bonchev–Trinajstić information content (AvgIpc) is 3.33. The Kier molecular flexibility index (Phi) is 5.61. The summed E-state index contributed by atoms with van der Waals surface area (Å²) >= 11 is 0. The molecule has 1 atom stereocenters. The first-order valence-corrected chi connectivity index (χ1v) is 9.77. The average molecular weight is 377 g/mol. The number of tetrazole rings is 1. The Balaban J connectivity index is 1.47. The second kappa shape index (κ2) is 8.29. The van der Waals surface area contributed by atoms with Gasteiger partial charge in [0.15, 0.2) is 5.82 Å². The molecule has 1 saturated carbocycles. The zero-order valence-corrected chi connectivity index (χ0v) is 15.3. The molecular weight excluding hydrogens is 352 g/mol. The number of aromatic nitrogens is 4. The normalized spacial score (nSPS) is 21.8. The first-order valence-electron chi connectivity index (χ1n) is 9.77. The highest BCUT2D eigenvalue weighted by Crippen LogP contribution is 2.35. The van der Waals surface area contributed by atoms with Crippen LogP contribution in [0.2, 0.25) is 0 Å². The smallest absolute Gasteiger partial charge is 0.387 e. The van der Waals surface area contributed by atoms with E-state index in [-0.39, 0.29) is 5.75 Å². The predicted molar refractivity (Wildman–Crippen MR) is 95.8 cm³/mol. The Hall–Kier alpha value is -2.09. The number of ether oxygens (including phenoxy) is 1. The number of alkyl halides is 2. The van der Waals surface area contributed by atoms with Gasteiger partial charge in [-0.25, -0.2) is 0 Å². The van der Waals surface area contributed by atoms with Gasteiger partial charge in [0.1, 0.15) is 5.75 Å². The van der Waals surface area contributed by atoms with Crippen LogP contribution in [0, 0.1) is 5.92 Å². The highest BCUT2D eigenvalue weighted by atomic mass is 19.3. The standard InChI is InChI=1S/C19H25F2N5O/c20-19(21)27-16-10-8-15(9-11-16)26-18(22-23-24-26)13-25-12-4-7-17(25)14-5-2-1-3-6-14/h8-11,14,17,19H,1-7,12-13H2. The van der Waals surface area contributed by atoms with Crippen molar-refractivity contribution in [1.29, 1.82) is 0 Å². The Labute approximate surface area is 157 Å². The number of halogens is 2. The van der Waals surface area contributed by atoms with Gasteiger partial charge in [0.05, 0.1) is 12.2 Å². The molecule has 1 saturated heterocycles. The van der Waals surface area contributed by atoms with Crippen LogP contribution in [-0.4, -0.2) is 44.3 Å². The molecule has 6 nitrogen and oxygen atoms in total. The molecule has 2 aromatic rings. The van der Waals surface area contributed by atoms with Crippen molar-refractivity contribution in [3.05, 3.63) is 30.1 Å². The minimum Gasteiger partial charge on any atom is -0.435 e. The Morgan fingerprint density at radius 3 is 2.56 bits per heavy atom. The lowest BCUT2D eigenvalue weighted by Crippen LogP contribution is -2.36. The number of rotatable bonds is 6. The van der Waals surface area contributed by atoms with Crippen LogP contribution >= 0.6 is 0 Å². The van der Waals surface area contributed by atoms with Crippen LogP contribution < -0.4 is 4.74 Å². The Morgan fingerprint density at radius 1 is 1.04 bits per heavy atom. The molecule has 146 valence electrons. The molecule has 1 unspecified atom stereocenters. The monoisotopic (exact) mass is 377 g/mol. The predicted octanol–water partition coefficient (Wildman–Crippen LogP) is 3.81. The third-order valence-corrected chi connectivity index (χ3v) is 5.79. The highest BCUT2D eigenvalue weighted by molar-refractivity contribution is 5.37. The molecule has 2 aliphatic rings. The quantitative estimate of drug-likeness (QED) is 0.766. The van der Waals surface area contributed by atoms with E-state index >= 15 is 0 Å². The fraction of sp³-hybridized carbons (Fsp3) is 0.632. The van der Waals surface area contributed by atoms with Crippen molar-refractivity contribution in [3.8, 4) is 11.4 Å². The maximum atomic E-state index is 12.3. The van der Waals surface area contributed by atoms with E-state index in [4.69, 9.17) is 0 Å². The summed E-state index contributed by atoms with van der Waals surface area (Å²) in [6.45, 7) is -1.04. The second-order valence-electron chi connectivity index (χ2n) is 7.46. The molecule has 0 N–H and O–H groups in total. The third-order valence-electron chi connectivity index (χ3n) is 5.79. The van der Waals surface area contributed by atoms with Crippen LogP contribution in [0.3, 0.4) is 0 Å². The molecule has 0 radical (unpaired) electrons. The molecule has 27 heavy (non-hydrogen) atoms. The summed E-state index contributed by atoms with van der Waals surface area (Å²) in [4.78, 5) is 2.52. The van der Waals surface area contributed by atoms with Crippen LogP contribution in [0.1, 0.15) is 50.8 Å². The molecule has 0 amide bonds. The van der Waals surface area contributed by atoms with Crippen LogP contribution in [-0.2, 0) is 6.54 Å². The van der Waals surface area contributed by atoms with Crippen LogP contribution in [0.4, 0.5) is 8.78 Å². The minimum atomic E-state index is -2.83. The van der Waals surface area contributed by atoms with Crippen molar-refractivity contribution >= 4 is 0 Å². The van der Waals surface area contributed by atoms with Gasteiger partial charge in [-0.3, -0.25) is 4.90 Å². The molecule has 1 aromatic carbocycles. The van der Waals surface area contributed by atoms with Gasteiger partial charge < -0.3 is 4.74 Å². The van der Waals surface area contributed by atoms with Crippen molar-refractivity contribution in [2.24, 2.45) is 5.92 Å². The maximum Gasteiger partial charge on any atom is 0.387 e. The summed E-state index contributed by atoms with van der Waals surface area (Å²) in [5.41, 5.74) is 0.741. The summed E-state index contributed by atoms with van der Waals surface area (Å²) in [5, 5.41) is 12.1. The summed E-state index contributed by atoms with van der Waals surface area (Å²) in [7, 11) is 0. The lowest BCUT2D eigenvalue weighted by Gasteiger charge is -2.33. The van der Waals surface area contributed by atoms with Crippen molar-refractivity contribution < 1.29 is 13.5 Å². The van der Waals surface area contributed by atoms with Crippen LogP contribution in [0.25, 0.3) is 5.69 Å². The van der Waals surface area contributed by atoms with Gasteiger partial charge in [0, 0.05) is 6.04 Å². The summed E-state index contributed by atoms with van der Waals surface area (Å²) in [6, 6.07) is 7.03. The van der Waals surface area contributed by atoms with E-state index in [9.17, 15) is 8.78 Å². The van der Waals surface area contributed by atoms with Crippen LogP contribution in [0.15, 0.2) is 24.3 Å². The molecule has 1 aliphatic carbocycles. The number of hydrogen-bond acceptors (Lipinski definition) is 5. The van der Waals surface area contributed by atoms with Crippen LogP contribution in [0.5, 0.6) is 5.75 Å². The number of likely N-dealkylation sites (tertiary alicyclic amines) is 1. The molecule has 0 spiro atoms. The lowest BCUT2D eigenvalue weighted by molar-refractivity contribution is -0.0498. The minimum absolute atomic E-state index is 0.125. The van der Waals surface area contributed by atoms with Gasteiger partial charge in [0.25, 0.3) is 0 Å². The summed E-state index contributed by atoms with van der Waals surface area (Å²) < 4.78 is 30.7. The van der Waals surface area contributed by atoms with E-state index in [0.29, 0.717) is 12.6 Å². The van der Waals surface area contributed by atoms with Crippen molar-refractivity contribution in [2.45, 2.75) is 64.1 Å². The van der Waals surface area contributed by atoms with E-state index in [0.717, 1.165) is 24.0 Å². The van der Waals surface area contributed by atoms with Gasteiger partial charge in [0.2, 0.25) is 0 Å². The maximum absolute atomic E-state index is 12.3.